The van der Waals surface area contributed by atoms with Crippen molar-refractivity contribution in [3.63, 3.8) is 0 Å². The van der Waals surface area contributed by atoms with Gasteiger partial charge in [-0.05, 0) is 60.5 Å². The maximum Gasteiger partial charge on any atom is 0.416 e. The molecule has 0 saturated carbocycles. The molecule has 0 fully saturated rings. The van der Waals surface area contributed by atoms with Gasteiger partial charge in [0.1, 0.15) is 5.75 Å². The third-order valence-corrected chi connectivity index (χ3v) is 5.73. The Morgan fingerprint density at radius 1 is 0.943 bits per heavy atom. The molecule has 0 saturated heterocycles. The monoisotopic (exact) mass is 481 g/mol. The largest absolute Gasteiger partial charge is 0.493 e. The Morgan fingerprint density at radius 2 is 1.63 bits per heavy atom. The van der Waals surface area contributed by atoms with Crippen molar-refractivity contribution in [3.05, 3.63) is 101 Å². The summed E-state index contributed by atoms with van der Waals surface area (Å²) in [5, 5.41) is 9.86. The molecule has 0 atom stereocenters. The molecule has 180 valence electrons. The molecule has 5 nitrogen and oxygen atoms in total. The molecular weight excluding hydrogens is 459 g/mol. The fourth-order valence-corrected chi connectivity index (χ4v) is 4.13. The summed E-state index contributed by atoms with van der Waals surface area (Å²) in [4.78, 5) is 24.4. The molecule has 0 unspecified atom stereocenters. The molecule has 4 rings (SSSR count). The molecule has 8 heteroatoms. The van der Waals surface area contributed by atoms with E-state index in [0.29, 0.717) is 33.5 Å². The summed E-state index contributed by atoms with van der Waals surface area (Å²) in [6.45, 7) is 1.83. The van der Waals surface area contributed by atoms with Crippen LogP contribution in [-0.4, -0.2) is 28.2 Å². The van der Waals surface area contributed by atoms with Gasteiger partial charge >= 0.3 is 12.1 Å². The number of ether oxygens (including phenoxy) is 1. The zero-order valence-electron chi connectivity index (χ0n) is 18.8. The highest BCUT2D eigenvalue weighted by Gasteiger charge is 2.32. The minimum absolute atomic E-state index is 0.0497. The van der Waals surface area contributed by atoms with Crippen molar-refractivity contribution in [2.75, 3.05) is 6.61 Å². The lowest BCUT2D eigenvalue weighted by Gasteiger charge is -2.13. The summed E-state index contributed by atoms with van der Waals surface area (Å²) < 4.78 is 46.6. The quantitative estimate of drug-likeness (QED) is 0.357. The second-order valence-electron chi connectivity index (χ2n) is 8.12. The number of benzene rings is 3. The minimum atomic E-state index is -4.42. The molecular formula is C27H22F3NO4. The third-order valence-electron chi connectivity index (χ3n) is 5.73. The second-order valence-corrected chi connectivity index (χ2v) is 8.12. The van der Waals surface area contributed by atoms with E-state index in [-0.39, 0.29) is 30.9 Å². The van der Waals surface area contributed by atoms with Crippen molar-refractivity contribution in [3.8, 4) is 5.75 Å². The van der Waals surface area contributed by atoms with E-state index in [4.69, 9.17) is 9.84 Å². The number of fused-ring (bicyclic) bond motifs is 1. The van der Waals surface area contributed by atoms with Gasteiger partial charge in [-0.2, -0.15) is 13.2 Å². The Kier molecular flexibility index (Phi) is 6.64. The van der Waals surface area contributed by atoms with E-state index in [2.05, 4.69) is 0 Å². The van der Waals surface area contributed by atoms with E-state index < -0.39 is 17.7 Å². The first-order valence-corrected chi connectivity index (χ1v) is 10.9. The number of alkyl halides is 3. The van der Waals surface area contributed by atoms with Gasteiger partial charge in [0.05, 0.1) is 24.1 Å². The van der Waals surface area contributed by atoms with Crippen LogP contribution < -0.4 is 4.74 Å². The van der Waals surface area contributed by atoms with Gasteiger partial charge < -0.3 is 9.84 Å². The van der Waals surface area contributed by atoms with Crippen LogP contribution in [0.2, 0.25) is 0 Å². The number of nitrogens with zero attached hydrogens (tertiary/aromatic N) is 1. The number of aryl methyl sites for hydroxylation is 1. The third kappa shape index (κ3) is 5.21. The minimum Gasteiger partial charge on any atom is -0.493 e. The highest BCUT2D eigenvalue weighted by atomic mass is 19.4. The number of halogens is 3. The zero-order valence-corrected chi connectivity index (χ0v) is 18.8. The fraction of sp³-hybridized carbons (Fsp3) is 0.185. The maximum absolute atomic E-state index is 13.2. The first-order valence-electron chi connectivity index (χ1n) is 10.9. The Hall–Kier alpha value is -4.07. The number of aliphatic carboxylic acids is 1. The van der Waals surface area contributed by atoms with Gasteiger partial charge in [-0.25, -0.2) is 0 Å². The second kappa shape index (κ2) is 9.66. The number of carboxylic acid groups (broad SMARTS) is 1. The van der Waals surface area contributed by atoms with Crippen molar-refractivity contribution in [1.82, 2.24) is 4.57 Å². The van der Waals surface area contributed by atoms with E-state index in [1.807, 2.05) is 0 Å². The van der Waals surface area contributed by atoms with Crippen molar-refractivity contribution in [1.29, 1.82) is 0 Å². The smallest absolute Gasteiger partial charge is 0.416 e. The molecule has 0 spiro atoms. The maximum atomic E-state index is 13.2. The molecule has 0 radical (unpaired) electrons. The molecule has 0 aliphatic carbocycles. The summed E-state index contributed by atoms with van der Waals surface area (Å²) in [5.41, 5.74) is 1.79. The van der Waals surface area contributed by atoms with Gasteiger partial charge in [0.25, 0.3) is 5.91 Å². The number of carbonyl (C=O) groups excluding carboxylic acids is 1. The predicted molar refractivity (Wildman–Crippen MR) is 125 cm³/mol. The molecule has 0 amide bonds. The lowest BCUT2D eigenvalue weighted by Crippen LogP contribution is -2.13. The Morgan fingerprint density at radius 3 is 2.31 bits per heavy atom. The molecule has 1 aromatic heterocycles. The van der Waals surface area contributed by atoms with Crippen LogP contribution in [0.3, 0.4) is 0 Å². The molecule has 3 aromatic carbocycles. The van der Waals surface area contributed by atoms with E-state index in [1.165, 1.54) is 16.7 Å². The molecule has 1 heterocycles. The molecule has 0 aliphatic rings. The number of hydrogen-bond donors (Lipinski definition) is 1. The van der Waals surface area contributed by atoms with Gasteiger partial charge in [0, 0.05) is 23.1 Å². The van der Waals surface area contributed by atoms with Crippen LogP contribution in [0.4, 0.5) is 13.2 Å². The van der Waals surface area contributed by atoms with Gasteiger partial charge in [0.15, 0.2) is 0 Å². The highest BCUT2D eigenvalue weighted by Crippen LogP contribution is 2.32. The van der Waals surface area contributed by atoms with Crippen LogP contribution in [0, 0.1) is 6.92 Å². The number of rotatable bonds is 7. The Labute approximate surface area is 199 Å². The number of aromatic nitrogens is 1. The van der Waals surface area contributed by atoms with Crippen molar-refractivity contribution < 1.29 is 32.6 Å². The van der Waals surface area contributed by atoms with Crippen molar-refractivity contribution in [2.24, 2.45) is 0 Å². The molecule has 1 N–H and O–H groups in total. The number of carboxylic acids is 1. The van der Waals surface area contributed by atoms with E-state index in [0.717, 1.165) is 6.07 Å². The fourth-order valence-electron chi connectivity index (χ4n) is 4.13. The topological polar surface area (TPSA) is 68.5 Å². The Bertz CT molecular complexity index is 1390. The summed E-state index contributed by atoms with van der Waals surface area (Å²) >= 11 is 0. The van der Waals surface area contributed by atoms with Crippen molar-refractivity contribution in [2.45, 2.75) is 25.9 Å². The van der Waals surface area contributed by atoms with Gasteiger partial charge in [-0.3, -0.25) is 14.2 Å². The summed E-state index contributed by atoms with van der Waals surface area (Å²) in [5.74, 6) is -0.800. The van der Waals surface area contributed by atoms with Gasteiger partial charge in [-0.15, -0.1) is 0 Å². The van der Waals surface area contributed by atoms with Crippen LogP contribution in [0.1, 0.15) is 32.7 Å². The predicted octanol–water partition coefficient (Wildman–Crippen LogP) is 5.91. The van der Waals surface area contributed by atoms with Crippen LogP contribution in [0.15, 0.2) is 72.8 Å². The lowest BCUT2D eigenvalue weighted by molar-refractivity contribution is -0.138. The molecule has 0 bridgehead atoms. The highest BCUT2D eigenvalue weighted by molar-refractivity contribution is 6.04. The lowest BCUT2D eigenvalue weighted by atomic mass is 10.0. The summed E-state index contributed by atoms with van der Waals surface area (Å²) in [6.07, 6.45) is -4.48. The first-order chi connectivity index (χ1) is 16.6. The Balaban J connectivity index is 1.48. The summed E-state index contributed by atoms with van der Waals surface area (Å²) in [6, 6.07) is 18.8. The average Bonchev–Trinajstić information content (AvgIpc) is 3.15. The molecule has 0 aliphatic heterocycles. The zero-order chi connectivity index (χ0) is 25.2. The normalized spacial score (nSPS) is 11.5. The summed E-state index contributed by atoms with van der Waals surface area (Å²) in [7, 11) is 0. The van der Waals surface area contributed by atoms with E-state index >= 15 is 0 Å². The van der Waals surface area contributed by atoms with Crippen LogP contribution in [0.5, 0.6) is 5.75 Å². The SMILES string of the molecule is Cc1cc2c(CC(=O)O)cccc2n1C(=O)c1ccc(OCCc2ccccc2C(F)(F)F)cc1. The van der Waals surface area contributed by atoms with Crippen LogP contribution in [-0.2, 0) is 23.8 Å². The standard InChI is InChI=1S/C27H22F3NO4/c1-17-15-22-20(16-25(32)33)6-4-8-24(22)31(17)26(34)19-9-11-21(12-10-19)35-14-13-18-5-2-3-7-23(18)27(28,29)30/h2-12,15H,13-14,16H2,1H3,(H,32,33). The average molecular weight is 481 g/mol. The van der Waals surface area contributed by atoms with Crippen molar-refractivity contribution >= 4 is 22.8 Å². The number of hydrogen-bond acceptors (Lipinski definition) is 3. The molecule has 4 aromatic rings. The number of carbonyl (C=O) groups is 2. The van der Waals surface area contributed by atoms with E-state index in [1.54, 1.807) is 61.5 Å². The first kappa shape index (κ1) is 24.1. The van der Waals surface area contributed by atoms with Gasteiger partial charge in [-0.1, -0.05) is 30.3 Å². The molecule has 35 heavy (non-hydrogen) atoms. The van der Waals surface area contributed by atoms with E-state index in [9.17, 15) is 22.8 Å². The van der Waals surface area contributed by atoms with Gasteiger partial charge in [0.2, 0.25) is 0 Å². The van der Waals surface area contributed by atoms with Crippen LogP contribution >= 0.6 is 0 Å². The van der Waals surface area contributed by atoms with Crippen LogP contribution in [0.25, 0.3) is 10.9 Å².